The number of phenols is 1. The number of aliphatic carboxylic acids is 2. The number of para-hydroxylation sites is 1. The van der Waals surface area contributed by atoms with Crippen molar-refractivity contribution in [3.8, 4) is 5.75 Å². The molecule has 85 heavy (non-hydrogen) atoms. The van der Waals surface area contributed by atoms with Crippen molar-refractivity contribution in [1.82, 2.24) is 47.5 Å². The Labute approximate surface area is 491 Å². The first-order valence-corrected chi connectivity index (χ1v) is 27.8. The molecule has 30 heteroatoms. The average Bonchev–Trinajstić information content (AvgIpc) is 3.78. The largest absolute Gasteiger partial charge is 0.508 e. The molecule has 0 aliphatic carbocycles. The highest BCUT2D eigenvalue weighted by Crippen LogP contribution is 2.20. The molecule has 8 amide bonds. The number of guanidine groups is 2. The minimum absolute atomic E-state index is 0.00999. The number of aromatic hydroxyl groups is 1. The van der Waals surface area contributed by atoms with Crippen molar-refractivity contribution in [1.29, 1.82) is 0 Å². The predicted octanol–water partition coefficient (Wildman–Crippen LogP) is -2.97. The number of carboxylic acid groups (broad SMARTS) is 2. The molecule has 1 aromatic heterocycles. The van der Waals surface area contributed by atoms with Crippen molar-refractivity contribution in [3.05, 3.63) is 65.9 Å². The van der Waals surface area contributed by atoms with Crippen molar-refractivity contribution in [2.24, 2.45) is 50.5 Å². The van der Waals surface area contributed by atoms with Crippen LogP contribution in [0.3, 0.4) is 0 Å². The van der Waals surface area contributed by atoms with Crippen LogP contribution in [0.4, 0.5) is 0 Å². The van der Waals surface area contributed by atoms with Gasteiger partial charge in [0.2, 0.25) is 47.3 Å². The first-order valence-electron chi connectivity index (χ1n) is 27.8. The number of phenolic OH excluding ortho intramolecular Hbond substituents is 1. The van der Waals surface area contributed by atoms with Crippen molar-refractivity contribution < 1.29 is 68.4 Å². The number of rotatable bonds is 37. The first kappa shape index (κ1) is 70.2. The second-order valence-corrected chi connectivity index (χ2v) is 21.0. The third-order valence-electron chi connectivity index (χ3n) is 13.6. The number of aliphatic hydroxyl groups is 1. The number of fused-ring (bicyclic) bond motifs is 1. The van der Waals surface area contributed by atoms with Crippen molar-refractivity contribution in [3.63, 3.8) is 0 Å². The summed E-state index contributed by atoms with van der Waals surface area (Å²) in [5.41, 5.74) is 29.6. The summed E-state index contributed by atoms with van der Waals surface area (Å²) < 4.78 is 0. The number of nitrogens with two attached hydrogens (primary N) is 5. The maximum absolute atomic E-state index is 14.7. The summed E-state index contributed by atoms with van der Waals surface area (Å²) in [4.78, 5) is 146. The fourth-order valence-corrected chi connectivity index (χ4v) is 8.64. The molecule has 23 N–H and O–H groups in total. The van der Waals surface area contributed by atoms with Gasteiger partial charge in [0.1, 0.15) is 54.1 Å². The van der Waals surface area contributed by atoms with Gasteiger partial charge in [-0.3, -0.25) is 53.1 Å². The minimum Gasteiger partial charge on any atom is -0.508 e. The fourth-order valence-electron chi connectivity index (χ4n) is 8.64. The summed E-state index contributed by atoms with van der Waals surface area (Å²) in [7, 11) is 0. The minimum atomic E-state index is -1.80. The Hall–Kier alpha value is -9.06. The Balaban J connectivity index is 2.00. The van der Waals surface area contributed by atoms with Gasteiger partial charge in [-0.2, -0.15) is 0 Å². The highest BCUT2D eigenvalue weighted by Gasteiger charge is 2.36. The molecular formula is C55H84N16O14. The monoisotopic (exact) mass is 1190 g/mol. The number of aromatic amines is 1. The number of aromatic nitrogens is 1. The third kappa shape index (κ3) is 24.4. The lowest BCUT2D eigenvalue weighted by molar-refractivity contribution is -0.143. The number of carbonyl (C=O) groups is 10. The van der Waals surface area contributed by atoms with Crippen LogP contribution in [0.25, 0.3) is 10.9 Å². The van der Waals surface area contributed by atoms with Crippen molar-refractivity contribution in [2.75, 3.05) is 19.7 Å². The molecule has 3 aromatic rings. The van der Waals surface area contributed by atoms with E-state index >= 15 is 0 Å². The number of nitrogens with one attached hydrogen (secondary N) is 9. The molecule has 0 radical (unpaired) electrons. The van der Waals surface area contributed by atoms with E-state index in [9.17, 15) is 63.3 Å². The van der Waals surface area contributed by atoms with E-state index in [1.54, 1.807) is 58.2 Å². The number of carboxylic acids is 2. The second kappa shape index (κ2) is 35.2. The lowest BCUT2D eigenvalue weighted by Gasteiger charge is -2.28. The predicted molar refractivity (Wildman–Crippen MR) is 313 cm³/mol. The van der Waals surface area contributed by atoms with E-state index in [4.69, 9.17) is 33.8 Å². The molecule has 0 saturated heterocycles. The van der Waals surface area contributed by atoms with Crippen LogP contribution in [-0.4, -0.2) is 171 Å². The molecule has 0 unspecified atom stereocenters. The molecule has 0 aliphatic rings. The Morgan fingerprint density at radius 1 is 0.576 bits per heavy atom. The van der Waals surface area contributed by atoms with E-state index in [-0.39, 0.29) is 88.0 Å². The maximum Gasteiger partial charge on any atom is 0.326 e. The van der Waals surface area contributed by atoms with E-state index in [0.717, 1.165) is 0 Å². The molecule has 0 bridgehead atoms. The van der Waals surface area contributed by atoms with Crippen LogP contribution in [0.2, 0.25) is 0 Å². The zero-order valence-electron chi connectivity index (χ0n) is 48.4. The van der Waals surface area contributed by atoms with E-state index < -0.39 is 133 Å². The van der Waals surface area contributed by atoms with Crippen molar-refractivity contribution in [2.45, 2.75) is 153 Å². The zero-order valence-corrected chi connectivity index (χ0v) is 48.4. The lowest BCUT2D eigenvalue weighted by Crippen LogP contribution is -2.61. The molecule has 0 spiro atoms. The standard InChI is InChI=1S/C55H84N16O14/c1-6-29(4)44(53(84)85)71-45(76)30(5)64-49(80)41(25-32-26-63-36-12-8-7-11-34(32)36)69-51(82)40(24-31-15-17-33(73)18-16-31)68-47(78)37(13-9-21-61-54(57)58)66-52(83)42(27-72)70-48(79)38(14-10-22-62-55(59)60)65-50(81)39(23-28(2)3)67-46(77)35(56)19-20-43(74)75/h7-8,11-12,15-18,26,28-30,35,37-42,44,63,72-73H,6,9-10,13-14,19-25,27,56H2,1-5H3,(H,64,80)(H,65,81)(H,66,83)(H,67,77)(H,68,78)(H,69,82)(H,70,79)(H,71,76)(H,74,75)(H,84,85)(H4,57,58,61)(H4,59,60,62)/t29-,30-,35-,37-,38-,39-,40-,41-,42-,44-/m0/s1. The SMILES string of the molecule is CC[C@H](C)[C@H](NC(=O)[C@H](C)NC(=O)[C@H](Cc1c[nH]c2ccccc12)NC(=O)[C@H](Cc1ccc(O)cc1)NC(=O)[C@H](CCCN=C(N)N)NC(=O)[C@H](CO)NC(=O)[C@H](CCCN=C(N)N)NC(=O)[C@H](CC(C)C)NC(=O)[C@@H](N)CCC(=O)O)C(=O)O. The molecule has 0 saturated carbocycles. The van der Waals surface area contributed by atoms with E-state index in [1.807, 2.05) is 0 Å². The molecule has 0 aliphatic heterocycles. The highest BCUT2D eigenvalue weighted by molar-refractivity contribution is 5.98. The van der Waals surface area contributed by atoms with Gasteiger partial charge < -0.3 is 96.6 Å². The van der Waals surface area contributed by atoms with E-state index in [1.165, 1.54) is 31.2 Å². The fraction of sp³-hybridized carbons (Fsp3) is 0.527. The van der Waals surface area contributed by atoms with E-state index in [0.29, 0.717) is 28.5 Å². The zero-order chi connectivity index (χ0) is 63.5. The van der Waals surface area contributed by atoms with Gasteiger partial charge in [-0.1, -0.05) is 64.4 Å². The number of nitrogens with zero attached hydrogens (tertiary/aromatic N) is 2. The number of aliphatic imine (C=N–C) groups is 2. The summed E-state index contributed by atoms with van der Waals surface area (Å²) in [6.07, 6.45) is 0.755. The van der Waals surface area contributed by atoms with Gasteiger partial charge >= 0.3 is 11.9 Å². The second-order valence-electron chi connectivity index (χ2n) is 21.0. The van der Waals surface area contributed by atoms with Crippen molar-refractivity contribution >= 4 is 82.0 Å². The van der Waals surface area contributed by atoms with Gasteiger partial charge in [0.05, 0.1) is 12.6 Å². The topological polar surface area (TPSA) is 518 Å². The Bertz CT molecular complexity index is 2820. The normalized spacial score (nSPS) is 14.6. The number of carbonyl (C=O) groups excluding carboxylic acids is 8. The quantitative estimate of drug-likeness (QED) is 0.0156. The number of benzene rings is 2. The van der Waals surface area contributed by atoms with Crippen LogP contribution < -0.4 is 71.2 Å². The summed E-state index contributed by atoms with van der Waals surface area (Å²) in [6.45, 7) is 7.13. The Kier molecular flexibility index (Phi) is 29.0. The molecule has 30 nitrogen and oxygen atoms in total. The van der Waals surface area contributed by atoms with Crippen LogP contribution in [-0.2, 0) is 60.8 Å². The third-order valence-corrected chi connectivity index (χ3v) is 13.6. The van der Waals surface area contributed by atoms with Gasteiger partial charge in [0, 0.05) is 49.5 Å². The number of H-pyrrole nitrogens is 1. The molecular weight excluding hydrogens is 1110 g/mol. The van der Waals surface area contributed by atoms with Gasteiger partial charge in [0.25, 0.3) is 0 Å². The van der Waals surface area contributed by atoms with Crippen LogP contribution in [0.15, 0.2) is 64.7 Å². The Morgan fingerprint density at radius 2 is 1.06 bits per heavy atom. The highest BCUT2D eigenvalue weighted by atomic mass is 16.4. The summed E-state index contributed by atoms with van der Waals surface area (Å²) in [5, 5.41) is 60.6. The van der Waals surface area contributed by atoms with Gasteiger partial charge in [-0.05, 0) is 86.6 Å². The van der Waals surface area contributed by atoms with Crippen LogP contribution in [0.5, 0.6) is 5.75 Å². The molecule has 468 valence electrons. The smallest absolute Gasteiger partial charge is 0.326 e. The first-order chi connectivity index (χ1) is 40.1. The molecule has 2 aromatic carbocycles. The Morgan fingerprint density at radius 3 is 1.58 bits per heavy atom. The molecule has 3 rings (SSSR count). The van der Waals surface area contributed by atoms with Crippen LogP contribution >= 0.6 is 0 Å². The number of amides is 8. The summed E-state index contributed by atoms with van der Waals surface area (Å²) in [5.74, 6) is -11.2. The van der Waals surface area contributed by atoms with Gasteiger partial charge in [0.15, 0.2) is 11.9 Å². The number of hydrogen-bond donors (Lipinski definition) is 18. The van der Waals surface area contributed by atoms with Crippen LogP contribution in [0.1, 0.15) is 97.1 Å². The summed E-state index contributed by atoms with van der Waals surface area (Å²) >= 11 is 0. The van der Waals surface area contributed by atoms with Crippen LogP contribution in [0, 0.1) is 11.8 Å². The molecule has 1 heterocycles. The summed E-state index contributed by atoms with van der Waals surface area (Å²) in [6, 6.07) is -0.230. The molecule has 10 atom stereocenters. The van der Waals surface area contributed by atoms with Gasteiger partial charge in [-0.25, -0.2) is 4.79 Å². The average molecular weight is 1190 g/mol. The number of hydrogen-bond acceptors (Lipinski definition) is 15. The molecule has 0 fully saturated rings. The lowest BCUT2D eigenvalue weighted by atomic mass is 9.99. The maximum atomic E-state index is 14.7. The van der Waals surface area contributed by atoms with Gasteiger partial charge in [-0.15, -0.1) is 0 Å². The number of aliphatic hydroxyl groups excluding tert-OH is 1. The van der Waals surface area contributed by atoms with E-state index in [2.05, 4.69) is 57.5 Å².